The van der Waals surface area contributed by atoms with Crippen LogP contribution in [0.5, 0.6) is 0 Å². The largest absolute Gasteiger partial charge is 0.444 e. The lowest BCUT2D eigenvalue weighted by atomic mass is 9.87. The van der Waals surface area contributed by atoms with Crippen LogP contribution >= 0.6 is 0 Å². The van der Waals surface area contributed by atoms with Gasteiger partial charge in [-0.1, -0.05) is 32.9 Å². The number of benzene rings is 1. The highest BCUT2D eigenvalue weighted by atomic mass is 16.6. The molecule has 1 aromatic rings. The van der Waals surface area contributed by atoms with Gasteiger partial charge in [0.2, 0.25) is 11.8 Å². The van der Waals surface area contributed by atoms with Gasteiger partial charge in [-0.25, -0.2) is 10.3 Å². The van der Waals surface area contributed by atoms with Crippen LogP contribution in [-0.2, 0) is 24.5 Å². The summed E-state index contributed by atoms with van der Waals surface area (Å²) in [5.74, 6) is -1.79. The summed E-state index contributed by atoms with van der Waals surface area (Å²) < 4.78 is 10.9. The molecule has 10 nitrogen and oxygen atoms in total. The van der Waals surface area contributed by atoms with Crippen LogP contribution in [0.25, 0.3) is 0 Å². The van der Waals surface area contributed by atoms with Crippen molar-refractivity contribution in [1.29, 1.82) is 0 Å². The quantitative estimate of drug-likeness (QED) is 0.479. The highest BCUT2D eigenvalue weighted by molar-refractivity contribution is 5.92. The Labute approximate surface area is 212 Å². The number of hydrogen-bond acceptors (Lipinski definition) is 7. The molecule has 0 spiro atoms. The third kappa shape index (κ3) is 5.75. The zero-order valence-corrected chi connectivity index (χ0v) is 21.4. The van der Waals surface area contributed by atoms with E-state index >= 15 is 0 Å². The fraction of sp³-hybridized carbons (Fsp3) is 0.654. The van der Waals surface area contributed by atoms with Crippen LogP contribution in [0.15, 0.2) is 24.3 Å². The molecule has 36 heavy (non-hydrogen) atoms. The van der Waals surface area contributed by atoms with E-state index in [1.54, 1.807) is 10.4 Å². The van der Waals surface area contributed by atoms with Crippen molar-refractivity contribution in [3.8, 4) is 0 Å². The minimum absolute atomic E-state index is 0.0822. The Morgan fingerprint density at radius 2 is 1.72 bits per heavy atom. The Morgan fingerprint density at radius 3 is 2.31 bits per heavy atom. The lowest BCUT2D eigenvalue weighted by Crippen LogP contribution is -2.62. The van der Waals surface area contributed by atoms with Gasteiger partial charge in [-0.2, -0.15) is 0 Å². The van der Waals surface area contributed by atoms with Crippen molar-refractivity contribution < 1.29 is 29.1 Å². The maximum Gasteiger partial charge on any atom is 0.410 e. The Morgan fingerprint density at radius 1 is 1.03 bits per heavy atom. The minimum Gasteiger partial charge on any atom is -0.444 e. The number of nitrogens with one attached hydrogen (secondary N) is 1. The topological polar surface area (TPSA) is 112 Å². The van der Waals surface area contributed by atoms with Crippen LogP contribution in [0.3, 0.4) is 0 Å². The molecular weight excluding hydrogens is 464 g/mol. The van der Waals surface area contributed by atoms with Crippen LogP contribution in [0.4, 0.5) is 10.5 Å². The first-order chi connectivity index (χ1) is 17.2. The first kappa shape index (κ1) is 26.2. The van der Waals surface area contributed by atoms with E-state index in [0.717, 1.165) is 5.69 Å². The summed E-state index contributed by atoms with van der Waals surface area (Å²) >= 11 is 0. The van der Waals surface area contributed by atoms with E-state index in [0.29, 0.717) is 65.2 Å². The number of carbonyl (C=O) groups is 3. The van der Waals surface area contributed by atoms with Gasteiger partial charge in [-0.05, 0) is 36.0 Å². The second kappa shape index (κ2) is 11.0. The van der Waals surface area contributed by atoms with Crippen molar-refractivity contribution >= 4 is 23.6 Å². The zero-order chi connectivity index (χ0) is 25.9. The molecule has 2 N–H and O–H groups in total. The molecule has 3 amide bonds. The van der Waals surface area contributed by atoms with Crippen molar-refractivity contribution in [2.24, 2.45) is 5.92 Å². The van der Waals surface area contributed by atoms with Gasteiger partial charge in [0, 0.05) is 44.8 Å². The molecule has 4 rings (SSSR count). The average Bonchev–Trinajstić information content (AvgIpc) is 3.40. The van der Waals surface area contributed by atoms with Gasteiger partial charge >= 0.3 is 6.09 Å². The number of hydrogen-bond donors (Lipinski definition) is 2. The van der Waals surface area contributed by atoms with Gasteiger partial charge in [-0.3, -0.25) is 19.7 Å². The predicted molar refractivity (Wildman–Crippen MR) is 133 cm³/mol. The number of anilines is 1. The average molecular weight is 503 g/mol. The van der Waals surface area contributed by atoms with Gasteiger partial charge < -0.3 is 19.3 Å². The van der Waals surface area contributed by atoms with E-state index in [1.165, 1.54) is 10.5 Å². The van der Waals surface area contributed by atoms with Gasteiger partial charge in [0.25, 0.3) is 0 Å². The minimum atomic E-state index is -1.02. The first-order valence-corrected chi connectivity index (χ1v) is 12.8. The Balaban J connectivity index is 1.44. The smallest absolute Gasteiger partial charge is 0.410 e. The SMILES string of the molecule is CC(C)(C)c1ccc(N2CCN(C(=O)[C@@H]3[C@@H](C(=O)NO)CCCN3C(=O)O[C@H]3CCOC3)CC2)cc1. The van der Waals surface area contributed by atoms with Gasteiger partial charge in [-0.15, -0.1) is 0 Å². The number of carbonyl (C=O) groups excluding carboxylic acids is 3. The highest BCUT2D eigenvalue weighted by Gasteiger charge is 2.46. The van der Waals surface area contributed by atoms with Crippen molar-refractivity contribution in [2.75, 3.05) is 50.8 Å². The summed E-state index contributed by atoms with van der Waals surface area (Å²) in [7, 11) is 0. The summed E-state index contributed by atoms with van der Waals surface area (Å²) in [5, 5.41) is 9.30. The molecule has 0 aromatic heterocycles. The van der Waals surface area contributed by atoms with Crippen LogP contribution in [-0.4, -0.2) is 91.0 Å². The second-order valence-corrected chi connectivity index (χ2v) is 10.8. The van der Waals surface area contributed by atoms with E-state index in [-0.39, 0.29) is 17.4 Å². The third-order valence-electron chi connectivity index (χ3n) is 7.41. The molecule has 0 unspecified atom stereocenters. The fourth-order valence-corrected chi connectivity index (χ4v) is 5.22. The molecule has 198 valence electrons. The van der Waals surface area contributed by atoms with Crippen molar-refractivity contribution in [3.05, 3.63) is 29.8 Å². The number of ether oxygens (including phenoxy) is 2. The summed E-state index contributed by atoms with van der Waals surface area (Å²) in [5.41, 5.74) is 4.14. The summed E-state index contributed by atoms with van der Waals surface area (Å²) in [4.78, 5) is 44.5. The lowest BCUT2D eigenvalue weighted by molar-refractivity contribution is -0.148. The molecule has 1 aromatic carbocycles. The molecule has 3 aliphatic heterocycles. The lowest BCUT2D eigenvalue weighted by Gasteiger charge is -2.43. The molecular formula is C26H38N4O6. The van der Waals surface area contributed by atoms with Gasteiger partial charge in [0.05, 0.1) is 19.1 Å². The molecule has 0 radical (unpaired) electrons. The Bertz CT molecular complexity index is 933. The maximum atomic E-state index is 13.7. The third-order valence-corrected chi connectivity index (χ3v) is 7.41. The normalized spacial score (nSPS) is 25.0. The van der Waals surface area contributed by atoms with E-state index in [2.05, 4.69) is 49.9 Å². The van der Waals surface area contributed by atoms with Crippen molar-refractivity contribution in [1.82, 2.24) is 15.3 Å². The zero-order valence-electron chi connectivity index (χ0n) is 21.4. The van der Waals surface area contributed by atoms with Gasteiger partial charge in [0.1, 0.15) is 12.1 Å². The molecule has 0 saturated carbocycles. The van der Waals surface area contributed by atoms with Crippen molar-refractivity contribution in [2.45, 2.75) is 57.6 Å². The fourth-order valence-electron chi connectivity index (χ4n) is 5.22. The highest BCUT2D eigenvalue weighted by Crippen LogP contribution is 2.29. The standard InChI is InChI=1S/C26H38N4O6/c1-26(2,3)18-6-8-19(9-7-18)28-12-14-29(15-13-28)24(32)22-21(23(31)27-34)5-4-11-30(22)25(33)36-20-10-16-35-17-20/h6-9,20-22,34H,4-5,10-17H2,1-3H3,(H,27,31)/t20-,21-,22-/m0/s1. The Hall–Kier alpha value is -2.85. The number of rotatable bonds is 4. The predicted octanol–water partition coefficient (Wildman–Crippen LogP) is 2.14. The maximum absolute atomic E-state index is 13.7. The number of piperidine rings is 1. The van der Waals surface area contributed by atoms with Crippen LogP contribution in [0, 0.1) is 5.92 Å². The summed E-state index contributed by atoms with van der Waals surface area (Å²) in [6, 6.07) is 7.51. The van der Waals surface area contributed by atoms with Crippen LogP contribution in [0.2, 0.25) is 0 Å². The number of piperazine rings is 1. The monoisotopic (exact) mass is 502 g/mol. The van der Waals surface area contributed by atoms with Crippen LogP contribution < -0.4 is 10.4 Å². The van der Waals surface area contributed by atoms with Crippen LogP contribution in [0.1, 0.15) is 45.6 Å². The summed E-state index contributed by atoms with van der Waals surface area (Å²) in [6.45, 7) is 9.97. The first-order valence-electron chi connectivity index (χ1n) is 12.8. The van der Waals surface area contributed by atoms with E-state index < -0.39 is 24.0 Å². The molecule has 10 heteroatoms. The molecule has 3 saturated heterocycles. The number of hydroxylamine groups is 1. The second-order valence-electron chi connectivity index (χ2n) is 10.8. The number of nitrogens with zero attached hydrogens (tertiary/aromatic N) is 3. The molecule has 0 bridgehead atoms. The van der Waals surface area contributed by atoms with E-state index in [1.807, 2.05) is 0 Å². The molecule has 3 fully saturated rings. The number of likely N-dealkylation sites (tertiary alicyclic amines) is 1. The van der Waals surface area contributed by atoms with Gasteiger partial charge in [0.15, 0.2) is 0 Å². The molecule has 0 aliphatic carbocycles. The molecule has 3 aliphatic rings. The summed E-state index contributed by atoms with van der Waals surface area (Å²) in [6.07, 6.45) is 0.581. The molecule has 3 heterocycles. The van der Waals surface area contributed by atoms with E-state index in [4.69, 9.17) is 9.47 Å². The Kier molecular flexibility index (Phi) is 8.04. The van der Waals surface area contributed by atoms with E-state index in [9.17, 15) is 19.6 Å². The number of amides is 3. The molecule has 3 atom stereocenters. The van der Waals surface area contributed by atoms with Crippen molar-refractivity contribution in [3.63, 3.8) is 0 Å².